The zero-order valence-electron chi connectivity index (χ0n) is 33.0. The van der Waals surface area contributed by atoms with Crippen LogP contribution >= 0.6 is 0 Å². The SMILES string of the molecule is CC1(C)c2ccc(-c3ccc(-c4nc(-c5ccccc5)cc(-c5ccc(-c6ccccc6)cc5-c5ccccc5)n4)c4ccccc34)cc2-c2c1ccc1ccccc21. The summed E-state index contributed by atoms with van der Waals surface area (Å²) in [7, 11) is 0. The first kappa shape index (κ1) is 34.8. The molecule has 0 fully saturated rings. The lowest BCUT2D eigenvalue weighted by Crippen LogP contribution is -2.14. The number of hydrogen-bond donors (Lipinski definition) is 0. The number of hydrogen-bond acceptors (Lipinski definition) is 2. The molecule has 10 aromatic rings. The minimum atomic E-state index is -0.0831. The Hall–Kier alpha value is -7.42. The molecule has 1 heterocycles. The third kappa shape index (κ3) is 5.87. The molecule has 0 saturated carbocycles. The Kier molecular flexibility index (Phi) is 8.20. The molecule has 278 valence electrons. The van der Waals surface area contributed by atoms with Crippen LogP contribution in [0.3, 0.4) is 0 Å². The third-order valence-corrected chi connectivity index (χ3v) is 12.3. The normalized spacial score (nSPS) is 12.7. The second-order valence-corrected chi connectivity index (χ2v) is 16.1. The summed E-state index contributed by atoms with van der Waals surface area (Å²) < 4.78 is 0. The Morgan fingerprint density at radius 1 is 0.322 bits per heavy atom. The molecule has 59 heavy (non-hydrogen) atoms. The molecule has 0 bridgehead atoms. The van der Waals surface area contributed by atoms with Crippen molar-refractivity contribution in [3.63, 3.8) is 0 Å². The maximum Gasteiger partial charge on any atom is 0.161 e. The van der Waals surface area contributed by atoms with Crippen LogP contribution < -0.4 is 0 Å². The van der Waals surface area contributed by atoms with Gasteiger partial charge in [-0.25, -0.2) is 9.97 Å². The summed E-state index contributed by atoms with van der Waals surface area (Å²) in [6.07, 6.45) is 0. The summed E-state index contributed by atoms with van der Waals surface area (Å²) in [6.45, 7) is 4.71. The third-order valence-electron chi connectivity index (χ3n) is 12.3. The molecular weight excluding hydrogens is 713 g/mol. The van der Waals surface area contributed by atoms with Crippen LogP contribution in [0.5, 0.6) is 0 Å². The molecule has 0 saturated heterocycles. The molecule has 0 spiro atoms. The molecule has 0 radical (unpaired) electrons. The van der Waals surface area contributed by atoms with Gasteiger partial charge in [-0.15, -0.1) is 0 Å². The van der Waals surface area contributed by atoms with Gasteiger partial charge < -0.3 is 0 Å². The van der Waals surface area contributed by atoms with E-state index in [0.29, 0.717) is 5.82 Å². The standard InChI is InChI=1S/C57H40N2/c1-57(2)51-32-28-42(35-50(51)55-44-23-13-12-20-39(44)27-33-52(55)57)43-30-31-48(46-25-15-14-24-45(43)46)56-58-53(40-21-10-5-11-22-40)36-54(59-56)47-29-26-41(37-16-6-3-7-17-37)34-49(47)38-18-8-4-9-19-38/h3-36H,1-2H3. The molecule has 9 aromatic carbocycles. The van der Waals surface area contributed by atoms with Crippen molar-refractivity contribution >= 4 is 21.5 Å². The van der Waals surface area contributed by atoms with E-state index in [1.807, 2.05) is 0 Å². The maximum atomic E-state index is 5.45. The molecule has 0 atom stereocenters. The molecular formula is C57H40N2. The number of fused-ring (bicyclic) bond motifs is 6. The first-order valence-electron chi connectivity index (χ1n) is 20.4. The van der Waals surface area contributed by atoms with Crippen LogP contribution in [-0.4, -0.2) is 9.97 Å². The van der Waals surface area contributed by atoms with E-state index < -0.39 is 0 Å². The molecule has 1 aliphatic rings. The monoisotopic (exact) mass is 752 g/mol. The molecule has 1 aromatic heterocycles. The summed E-state index contributed by atoms with van der Waals surface area (Å²) >= 11 is 0. The fourth-order valence-corrected chi connectivity index (χ4v) is 9.33. The summed E-state index contributed by atoms with van der Waals surface area (Å²) in [6, 6.07) is 74.3. The van der Waals surface area contributed by atoms with E-state index in [-0.39, 0.29) is 5.41 Å². The van der Waals surface area contributed by atoms with Gasteiger partial charge in [0, 0.05) is 22.1 Å². The highest BCUT2D eigenvalue weighted by Gasteiger charge is 2.36. The Morgan fingerprint density at radius 3 is 1.61 bits per heavy atom. The Balaban J connectivity index is 1.09. The molecule has 1 aliphatic carbocycles. The van der Waals surface area contributed by atoms with Crippen LogP contribution in [0.4, 0.5) is 0 Å². The summed E-state index contributed by atoms with van der Waals surface area (Å²) in [5.41, 5.74) is 17.3. The van der Waals surface area contributed by atoms with Crippen LogP contribution in [0, 0.1) is 0 Å². The van der Waals surface area contributed by atoms with E-state index >= 15 is 0 Å². The number of nitrogens with zero attached hydrogens (tertiary/aromatic N) is 2. The number of rotatable bonds is 6. The van der Waals surface area contributed by atoms with Crippen LogP contribution in [-0.2, 0) is 5.41 Å². The van der Waals surface area contributed by atoms with E-state index in [1.54, 1.807) is 0 Å². The lowest BCUT2D eigenvalue weighted by molar-refractivity contribution is 0.661. The predicted molar refractivity (Wildman–Crippen MR) is 247 cm³/mol. The highest BCUT2D eigenvalue weighted by atomic mass is 14.9. The van der Waals surface area contributed by atoms with Gasteiger partial charge in [-0.2, -0.15) is 0 Å². The molecule has 0 aliphatic heterocycles. The van der Waals surface area contributed by atoms with Crippen LogP contribution in [0.2, 0.25) is 0 Å². The lowest BCUT2D eigenvalue weighted by atomic mass is 9.81. The maximum absolute atomic E-state index is 5.45. The van der Waals surface area contributed by atoms with Gasteiger partial charge in [0.2, 0.25) is 0 Å². The van der Waals surface area contributed by atoms with Crippen LogP contribution in [0.1, 0.15) is 25.0 Å². The van der Waals surface area contributed by atoms with Crippen molar-refractivity contribution in [3.8, 4) is 78.4 Å². The zero-order chi connectivity index (χ0) is 39.5. The van der Waals surface area contributed by atoms with Gasteiger partial charge >= 0.3 is 0 Å². The lowest BCUT2D eigenvalue weighted by Gasteiger charge is -2.22. The van der Waals surface area contributed by atoms with Gasteiger partial charge in [0.25, 0.3) is 0 Å². The molecule has 0 unspecified atom stereocenters. The second-order valence-electron chi connectivity index (χ2n) is 16.1. The van der Waals surface area contributed by atoms with Gasteiger partial charge in [0.1, 0.15) is 0 Å². The zero-order valence-corrected chi connectivity index (χ0v) is 33.0. The highest BCUT2D eigenvalue weighted by molar-refractivity contribution is 6.07. The van der Waals surface area contributed by atoms with Crippen LogP contribution in [0.15, 0.2) is 206 Å². The summed E-state index contributed by atoms with van der Waals surface area (Å²) in [4.78, 5) is 10.8. The van der Waals surface area contributed by atoms with Crippen molar-refractivity contribution in [2.75, 3.05) is 0 Å². The summed E-state index contributed by atoms with van der Waals surface area (Å²) in [5.74, 6) is 0.700. The van der Waals surface area contributed by atoms with Gasteiger partial charge in [-0.05, 0) is 101 Å². The second kappa shape index (κ2) is 13.9. The minimum Gasteiger partial charge on any atom is -0.228 e. The van der Waals surface area contributed by atoms with E-state index in [9.17, 15) is 0 Å². The van der Waals surface area contributed by atoms with Crippen molar-refractivity contribution in [2.45, 2.75) is 19.3 Å². The molecule has 0 amide bonds. The molecule has 11 rings (SSSR count). The average molecular weight is 753 g/mol. The van der Waals surface area contributed by atoms with Gasteiger partial charge in [-0.1, -0.05) is 196 Å². The number of benzene rings is 9. The molecule has 2 heteroatoms. The van der Waals surface area contributed by atoms with Crippen molar-refractivity contribution in [3.05, 3.63) is 217 Å². The average Bonchev–Trinajstić information content (AvgIpc) is 3.54. The fourth-order valence-electron chi connectivity index (χ4n) is 9.33. The Bertz CT molecular complexity index is 3220. The van der Waals surface area contributed by atoms with Crippen LogP contribution in [0.25, 0.3) is 100.0 Å². The van der Waals surface area contributed by atoms with Gasteiger partial charge in [0.15, 0.2) is 5.82 Å². The van der Waals surface area contributed by atoms with Crippen molar-refractivity contribution < 1.29 is 0 Å². The smallest absolute Gasteiger partial charge is 0.161 e. The van der Waals surface area contributed by atoms with E-state index in [4.69, 9.17) is 9.97 Å². The first-order valence-corrected chi connectivity index (χ1v) is 20.4. The quantitative estimate of drug-likeness (QED) is 0.169. The van der Waals surface area contributed by atoms with Gasteiger partial charge in [0.05, 0.1) is 11.4 Å². The number of aromatic nitrogens is 2. The minimum absolute atomic E-state index is 0.0831. The van der Waals surface area contributed by atoms with Crippen molar-refractivity contribution in [2.24, 2.45) is 0 Å². The van der Waals surface area contributed by atoms with Gasteiger partial charge in [-0.3, -0.25) is 0 Å². The summed E-state index contributed by atoms with van der Waals surface area (Å²) in [5, 5.41) is 4.88. The first-order chi connectivity index (χ1) is 29.0. The van der Waals surface area contributed by atoms with Crippen molar-refractivity contribution in [1.29, 1.82) is 0 Å². The Morgan fingerprint density at radius 2 is 0.864 bits per heavy atom. The van der Waals surface area contributed by atoms with E-state index in [1.165, 1.54) is 60.7 Å². The van der Waals surface area contributed by atoms with E-state index in [0.717, 1.165) is 44.6 Å². The van der Waals surface area contributed by atoms with E-state index in [2.05, 4.69) is 220 Å². The molecule has 0 N–H and O–H groups in total. The Labute approximate surface area is 345 Å². The topological polar surface area (TPSA) is 25.8 Å². The predicted octanol–water partition coefficient (Wildman–Crippen LogP) is 15.1. The largest absolute Gasteiger partial charge is 0.228 e. The highest BCUT2D eigenvalue weighted by Crippen LogP contribution is 2.52. The fraction of sp³-hybridized carbons (Fsp3) is 0.0526. The van der Waals surface area contributed by atoms with Crippen molar-refractivity contribution in [1.82, 2.24) is 9.97 Å². The molecule has 2 nitrogen and oxygen atoms in total.